The van der Waals surface area contributed by atoms with E-state index in [1.54, 1.807) is 11.3 Å². The summed E-state index contributed by atoms with van der Waals surface area (Å²) >= 11 is 7.60. The molecule has 1 N–H and O–H groups in total. The van der Waals surface area contributed by atoms with Gasteiger partial charge in [-0.2, -0.15) is 0 Å². The number of nitrogens with one attached hydrogen (secondary N) is 1. The van der Waals surface area contributed by atoms with Crippen LogP contribution in [0.15, 0.2) is 12.1 Å². The van der Waals surface area contributed by atoms with Crippen LogP contribution in [-0.2, 0) is 11.3 Å². The molecule has 1 aliphatic carbocycles. The molecule has 8 heteroatoms. The molecule has 2 aliphatic rings. The van der Waals surface area contributed by atoms with Gasteiger partial charge in [0, 0.05) is 37.6 Å². The molecular weight excluding hydrogens is 377 g/mol. The van der Waals surface area contributed by atoms with Gasteiger partial charge in [-0.1, -0.05) is 11.6 Å². The topological polar surface area (TPSA) is 35.6 Å². The second-order valence-electron chi connectivity index (χ2n) is 5.94. The Balaban J connectivity index is 0.00000132. The Kier molecular flexibility index (Phi) is 9.19. The lowest BCUT2D eigenvalue weighted by Crippen LogP contribution is -2.50. The third-order valence-electron chi connectivity index (χ3n) is 4.14. The van der Waals surface area contributed by atoms with Gasteiger partial charge in [-0.25, -0.2) is 0 Å². The number of rotatable bonds is 6. The second kappa shape index (κ2) is 10.1. The first-order valence-corrected chi connectivity index (χ1v) is 8.85. The molecule has 0 atom stereocenters. The minimum absolute atomic E-state index is 0. The number of thiophene rings is 1. The van der Waals surface area contributed by atoms with Crippen LogP contribution in [0.1, 0.15) is 17.7 Å². The molecule has 0 spiro atoms. The minimum atomic E-state index is 0. The van der Waals surface area contributed by atoms with Gasteiger partial charge in [0.05, 0.1) is 10.9 Å². The maximum absolute atomic E-state index is 12.1. The van der Waals surface area contributed by atoms with Crippen LogP contribution in [0.5, 0.6) is 0 Å². The molecule has 1 aliphatic heterocycles. The third-order valence-corrected chi connectivity index (χ3v) is 5.36. The molecule has 3 rings (SSSR count). The van der Waals surface area contributed by atoms with E-state index in [-0.39, 0.29) is 30.7 Å². The van der Waals surface area contributed by atoms with Crippen LogP contribution in [0.25, 0.3) is 0 Å². The van der Waals surface area contributed by atoms with Crippen molar-refractivity contribution in [3.63, 3.8) is 0 Å². The first kappa shape index (κ1) is 21.0. The summed E-state index contributed by atoms with van der Waals surface area (Å²) in [5.74, 6) is 1.07. The fourth-order valence-electron chi connectivity index (χ4n) is 2.63. The molecule has 1 aromatic heterocycles. The van der Waals surface area contributed by atoms with Crippen LogP contribution < -0.4 is 5.32 Å². The number of carbonyl (C=O) groups excluding carboxylic acids is 1. The van der Waals surface area contributed by atoms with Gasteiger partial charge in [-0.15, -0.1) is 36.2 Å². The fraction of sp³-hybridized carbons (Fsp3) is 0.667. The predicted molar refractivity (Wildman–Crippen MR) is 101 cm³/mol. The normalized spacial score (nSPS) is 18.2. The zero-order chi connectivity index (χ0) is 14.7. The molecule has 0 radical (unpaired) electrons. The molecule has 1 aromatic rings. The quantitative estimate of drug-likeness (QED) is 0.797. The van der Waals surface area contributed by atoms with Crippen LogP contribution in [-0.4, -0.2) is 55.0 Å². The van der Waals surface area contributed by atoms with E-state index < -0.39 is 0 Å². The summed E-state index contributed by atoms with van der Waals surface area (Å²) in [6.07, 6.45) is 2.65. The zero-order valence-electron chi connectivity index (χ0n) is 13.0. The van der Waals surface area contributed by atoms with E-state index in [1.807, 2.05) is 11.0 Å². The second-order valence-corrected chi connectivity index (χ2v) is 7.74. The highest BCUT2D eigenvalue weighted by Gasteiger charge is 2.23. The van der Waals surface area contributed by atoms with Crippen LogP contribution in [0.4, 0.5) is 0 Å². The summed E-state index contributed by atoms with van der Waals surface area (Å²) < 4.78 is 0.848. The maximum atomic E-state index is 12.1. The van der Waals surface area contributed by atoms with E-state index in [4.69, 9.17) is 11.6 Å². The van der Waals surface area contributed by atoms with E-state index in [1.165, 1.54) is 17.7 Å². The molecule has 1 saturated heterocycles. The van der Waals surface area contributed by atoms with Crippen molar-refractivity contribution in [3.8, 4) is 0 Å². The van der Waals surface area contributed by atoms with Gasteiger partial charge in [0.2, 0.25) is 5.91 Å². The molecular formula is C15H24Cl3N3OS. The average Bonchev–Trinajstić information content (AvgIpc) is 3.21. The van der Waals surface area contributed by atoms with Gasteiger partial charge in [0.15, 0.2) is 0 Å². The number of nitrogens with zero attached hydrogens (tertiary/aromatic N) is 2. The highest BCUT2D eigenvalue weighted by molar-refractivity contribution is 7.16. The minimum Gasteiger partial charge on any atom is -0.339 e. The van der Waals surface area contributed by atoms with Gasteiger partial charge >= 0.3 is 0 Å². The van der Waals surface area contributed by atoms with Crippen LogP contribution in [0.2, 0.25) is 4.34 Å². The Morgan fingerprint density at radius 3 is 2.48 bits per heavy atom. The number of amides is 1. The number of hydrogen-bond acceptors (Lipinski definition) is 4. The van der Waals surface area contributed by atoms with Crippen molar-refractivity contribution in [2.24, 2.45) is 5.92 Å². The number of piperazine rings is 1. The van der Waals surface area contributed by atoms with Crippen molar-refractivity contribution in [1.82, 2.24) is 15.1 Å². The summed E-state index contributed by atoms with van der Waals surface area (Å²) in [5, 5.41) is 3.28. The largest absolute Gasteiger partial charge is 0.339 e. The van der Waals surface area contributed by atoms with Crippen molar-refractivity contribution in [1.29, 1.82) is 0 Å². The smallest absolute Gasteiger partial charge is 0.236 e. The predicted octanol–water partition coefficient (Wildman–Crippen LogP) is 2.89. The Labute approximate surface area is 159 Å². The molecule has 0 aromatic carbocycles. The van der Waals surface area contributed by atoms with E-state index in [0.717, 1.165) is 49.5 Å². The summed E-state index contributed by atoms with van der Waals surface area (Å²) in [6.45, 7) is 6.01. The van der Waals surface area contributed by atoms with Crippen LogP contribution in [0, 0.1) is 5.92 Å². The lowest BCUT2D eigenvalue weighted by Gasteiger charge is -2.34. The van der Waals surface area contributed by atoms with E-state index in [0.29, 0.717) is 6.54 Å². The summed E-state index contributed by atoms with van der Waals surface area (Å²) in [6, 6.07) is 4.04. The third kappa shape index (κ3) is 6.77. The van der Waals surface area contributed by atoms with Crippen molar-refractivity contribution >= 4 is 53.7 Å². The molecule has 0 unspecified atom stereocenters. The fourth-order valence-corrected chi connectivity index (χ4v) is 3.76. The van der Waals surface area contributed by atoms with Crippen molar-refractivity contribution < 1.29 is 4.79 Å². The number of halogens is 3. The van der Waals surface area contributed by atoms with Gasteiger partial charge in [-0.05, 0) is 37.4 Å². The highest BCUT2D eigenvalue weighted by atomic mass is 35.5. The molecule has 0 bridgehead atoms. The van der Waals surface area contributed by atoms with E-state index in [9.17, 15) is 4.79 Å². The van der Waals surface area contributed by atoms with Crippen molar-refractivity contribution in [2.45, 2.75) is 19.4 Å². The standard InChI is InChI=1S/C15H22ClN3OS.2ClH/c16-14-4-3-13(21-14)11-18-5-7-19(8-6-18)15(20)10-17-9-12-1-2-12;;/h3-4,12,17H,1-2,5-11H2;2*1H. The van der Waals surface area contributed by atoms with Crippen molar-refractivity contribution in [2.75, 3.05) is 39.3 Å². The SMILES string of the molecule is Cl.Cl.O=C(CNCC1CC1)N1CCN(Cc2ccc(Cl)s2)CC1. The van der Waals surface area contributed by atoms with Gasteiger partial charge < -0.3 is 10.2 Å². The van der Waals surface area contributed by atoms with Gasteiger partial charge in [0.1, 0.15) is 0 Å². The Morgan fingerprint density at radius 1 is 1.22 bits per heavy atom. The van der Waals surface area contributed by atoms with Gasteiger partial charge in [-0.3, -0.25) is 9.69 Å². The van der Waals surface area contributed by atoms with Crippen LogP contribution >= 0.6 is 47.8 Å². The lowest BCUT2D eigenvalue weighted by molar-refractivity contribution is -0.132. The lowest BCUT2D eigenvalue weighted by atomic mass is 10.3. The van der Waals surface area contributed by atoms with Crippen molar-refractivity contribution in [3.05, 3.63) is 21.3 Å². The summed E-state index contributed by atoms with van der Waals surface area (Å²) in [5.41, 5.74) is 0. The first-order chi connectivity index (χ1) is 10.2. The summed E-state index contributed by atoms with van der Waals surface area (Å²) in [7, 11) is 0. The molecule has 132 valence electrons. The highest BCUT2D eigenvalue weighted by Crippen LogP contribution is 2.27. The summed E-state index contributed by atoms with van der Waals surface area (Å²) in [4.78, 5) is 17.8. The Bertz CT molecular complexity index is 488. The Morgan fingerprint density at radius 2 is 1.91 bits per heavy atom. The molecule has 1 saturated carbocycles. The Hall–Kier alpha value is -0.0400. The maximum Gasteiger partial charge on any atom is 0.236 e. The molecule has 2 heterocycles. The number of carbonyl (C=O) groups is 1. The zero-order valence-corrected chi connectivity index (χ0v) is 16.2. The monoisotopic (exact) mass is 399 g/mol. The van der Waals surface area contributed by atoms with E-state index in [2.05, 4.69) is 16.3 Å². The molecule has 4 nitrogen and oxygen atoms in total. The van der Waals surface area contributed by atoms with Crippen LogP contribution in [0.3, 0.4) is 0 Å². The first-order valence-electron chi connectivity index (χ1n) is 7.66. The molecule has 1 amide bonds. The van der Waals surface area contributed by atoms with Gasteiger partial charge in [0.25, 0.3) is 0 Å². The molecule has 2 fully saturated rings. The average molecular weight is 401 g/mol. The van der Waals surface area contributed by atoms with E-state index >= 15 is 0 Å². The molecule has 23 heavy (non-hydrogen) atoms. The number of hydrogen-bond donors (Lipinski definition) is 1.